The van der Waals surface area contributed by atoms with E-state index in [1.165, 1.54) is 6.07 Å². The van der Waals surface area contributed by atoms with E-state index in [1.807, 2.05) is 0 Å². The lowest BCUT2D eigenvalue weighted by Gasteiger charge is -2.13. The third kappa shape index (κ3) is 4.71. The van der Waals surface area contributed by atoms with Crippen LogP contribution in [0.1, 0.15) is 34.5 Å². The Kier molecular flexibility index (Phi) is 6.34. The molecule has 2 aliphatic rings. The zero-order valence-electron chi connectivity index (χ0n) is 15.5. The van der Waals surface area contributed by atoms with Crippen LogP contribution in [0.3, 0.4) is 0 Å². The van der Waals surface area contributed by atoms with Crippen molar-refractivity contribution in [3.05, 3.63) is 45.1 Å². The number of hydrogen-bond donors (Lipinski definition) is 2. The van der Waals surface area contributed by atoms with Crippen LogP contribution in [0, 0.1) is 0 Å². The minimum absolute atomic E-state index is 0.0222. The second kappa shape index (κ2) is 8.95. The van der Waals surface area contributed by atoms with E-state index in [9.17, 15) is 9.59 Å². The molecule has 0 saturated carbocycles. The highest BCUT2D eigenvalue weighted by atomic mass is 35.5. The molecule has 2 N–H and O–H groups in total. The first kappa shape index (κ1) is 20.5. The third-order valence-electron chi connectivity index (χ3n) is 4.87. The number of carbonyl (C=O) groups excluding carboxylic acids is 2. The molecule has 1 saturated heterocycles. The number of fused-ring (bicyclic) bond motifs is 1. The van der Waals surface area contributed by atoms with Crippen molar-refractivity contribution >= 4 is 52.6 Å². The highest BCUT2D eigenvalue weighted by Crippen LogP contribution is 2.35. The molecule has 29 heavy (non-hydrogen) atoms. The predicted molar refractivity (Wildman–Crippen MR) is 114 cm³/mol. The quantitative estimate of drug-likeness (QED) is 0.697. The number of halogens is 2. The maximum atomic E-state index is 12.8. The fourth-order valence-corrected chi connectivity index (χ4v) is 4.92. The average Bonchev–Trinajstić information content (AvgIpc) is 3.40. The maximum absolute atomic E-state index is 12.8. The number of carbonyl (C=O) groups is 2. The van der Waals surface area contributed by atoms with E-state index >= 15 is 0 Å². The van der Waals surface area contributed by atoms with E-state index < -0.39 is 0 Å². The largest absolute Gasteiger partial charge is 0.376 e. The first-order valence-corrected chi connectivity index (χ1v) is 11.2. The Hall–Kier alpha value is -1.74. The number of thioether (sulfide) groups is 1. The molecule has 1 aromatic heterocycles. The summed E-state index contributed by atoms with van der Waals surface area (Å²) in [4.78, 5) is 25.2. The summed E-state index contributed by atoms with van der Waals surface area (Å²) in [5, 5.41) is 11.0. The molecule has 1 fully saturated rings. The van der Waals surface area contributed by atoms with Crippen LogP contribution in [0.5, 0.6) is 0 Å². The molecule has 1 aromatic carbocycles. The van der Waals surface area contributed by atoms with Crippen LogP contribution >= 0.6 is 35.0 Å². The maximum Gasteiger partial charge on any atom is 0.258 e. The van der Waals surface area contributed by atoms with Crippen molar-refractivity contribution in [3.63, 3.8) is 0 Å². The molecule has 2 aromatic rings. The van der Waals surface area contributed by atoms with Gasteiger partial charge < -0.3 is 15.4 Å². The number of ether oxygens (including phenoxy) is 1. The first-order chi connectivity index (χ1) is 14.0. The Labute approximate surface area is 182 Å². The number of aromatic nitrogens is 2. The van der Waals surface area contributed by atoms with Gasteiger partial charge in [-0.25, -0.2) is 4.68 Å². The molecular formula is C19H20Cl2N4O3S. The summed E-state index contributed by atoms with van der Waals surface area (Å²) in [6, 6.07) is 4.70. The molecular weight excluding hydrogens is 435 g/mol. The van der Waals surface area contributed by atoms with Crippen molar-refractivity contribution in [1.29, 1.82) is 0 Å². The van der Waals surface area contributed by atoms with Gasteiger partial charge in [0.2, 0.25) is 5.91 Å². The summed E-state index contributed by atoms with van der Waals surface area (Å²) >= 11 is 13.8. The summed E-state index contributed by atoms with van der Waals surface area (Å²) in [6.07, 6.45) is 2.05. The lowest BCUT2D eigenvalue weighted by atomic mass is 10.2. The number of hydrogen-bond acceptors (Lipinski definition) is 5. The van der Waals surface area contributed by atoms with E-state index in [1.54, 1.807) is 28.6 Å². The highest BCUT2D eigenvalue weighted by Gasteiger charge is 2.26. The number of anilines is 1. The van der Waals surface area contributed by atoms with Gasteiger partial charge in [-0.2, -0.15) is 16.9 Å². The van der Waals surface area contributed by atoms with Gasteiger partial charge in [-0.15, -0.1) is 0 Å². The summed E-state index contributed by atoms with van der Waals surface area (Å²) in [6.45, 7) is 1.25. The topological polar surface area (TPSA) is 85.2 Å². The van der Waals surface area contributed by atoms with E-state index in [2.05, 4.69) is 15.7 Å². The molecule has 0 aliphatic carbocycles. The molecule has 7 nitrogen and oxygen atoms in total. The molecule has 4 rings (SSSR count). The first-order valence-electron chi connectivity index (χ1n) is 9.32. The van der Waals surface area contributed by atoms with Crippen molar-refractivity contribution in [1.82, 2.24) is 15.1 Å². The standard InChI is InChI=1S/C19H20Cl2N4O3S/c20-11-3-4-13(15(21)6-11)19(27)23-18-14-9-29-10-16(14)24-25(18)8-17(26)22-7-12-2-1-5-28-12/h3-4,6,12H,1-2,5,7-10H2,(H,22,26)(H,23,27). The Morgan fingerprint density at radius 3 is 2.93 bits per heavy atom. The van der Waals surface area contributed by atoms with Crippen LogP contribution in [0.2, 0.25) is 10.0 Å². The van der Waals surface area contributed by atoms with E-state index in [0.29, 0.717) is 22.9 Å². The summed E-state index contributed by atoms with van der Waals surface area (Å²) < 4.78 is 7.08. The molecule has 10 heteroatoms. The Balaban J connectivity index is 1.48. The van der Waals surface area contributed by atoms with Gasteiger partial charge in [0.1, 0.15) is 12.4 Å². The highest BCUT2D eigenvalue weighted by molar-refractivity contribution is 7.98. The van der Waals surface area contributed by atoms with Crippen LogP contribution < -0.4 is 10.6 Å². The lowest BCUT2D eigenvalue weighted by Crippen LogP contribution is -2.34. The van der Waals surface area contributed by atoms with Crippen LogP contribution in [0.25, 0.3) is 0 Å². The third-order valence-corrected chi connectivity index (χ3v) is 6.39. The lowest BCUT2D eigenvalue weighted by molar-refractivity contribution is -0.122. The molecule has 0 radical (unpaired) electrons. The van der Waals surface area contributed by atoms with Gasteiger partial charge in [0.15, 0.2) is 0 Å². The second-order valence-electron chi connectivity index (χ2n) is 6.94. The Bertz CT molecular complexity index is 944. The molecule has 1 unspecified atom stereocenters. The predicted octanol–water partition coefficient (Wildman–Crippen LogP) is 3.48. The molecule has 1 atom stereocenters. The van der Waals surface area contributed by atoms with Crippen LogP contribution in [0.15, 0.2) is 18.2 Å². The van der Waals surface area contributed by atoms with Crippen LogP contribution in [-0.2, 0) is 27.6 Å². The van der Waals surface area contributed by atoms with Gasteiger partial charge in [-0.1, -0.05) is 23.2 Å². The van der Waals surface area contributed by atoms with E-state index in [4.69, 9.17) is 27.9 Å². The summed E-state index contributed by atoms with van der Waals surface area (Å²) in [5.41, 5.74) is 2.14. The van der Waals surface area contributed by atoms with Gasteiger partial charge in [-0.05, 0) is 31.0 Å². The van der Waals surface area contributed by atoms with E-state index in [0.717, 1.165) is 42.2 Å². The number of nitrogens with zero attached hydrogens (tertiary/aromatic N) is 2. The van der Waals surface area contributed by atoms with Crippen molar-refractivity contribution in [2.24, 2.45) is 0 Å². The van der Waals surface area contributed by atoms with Crippen molar-refractivity contribution in [2.45, 2.75) is 37.0 Å². The van der Waals surface area contributed by atoms with Gasteiger partial charge in [0, 0.05) is 35.2 Å². The zero-order valence-corrected chi connectivity index (χ0v) is 17.9. The molecule has 3 heterocycles. The minimum atomic E-state index is -0.368. The zero-order chi connectivity index (χ0) is 20.4. The molecule has 2 aliphatic heterocycles. The second-order valence-corrected chi connectivity index (χ2v) is 8.77. The van der Waals surface area contributed by atoms with Crippen LogP contribution in [0.4, 0.5) is 5.82 Å². The average molecular weight is 455 g/mol. The summed E-state index contributed by atoms with van der Waals surface area (Å²) in [7, 11) is 0. The van der Waals surface area contributed by atoms with Gasteiger partial charge in [0.25, 0.3) is 5.91 Å². The normalized spacial score (nSPS) is 17.9. The molecule has 0 spiro atoms. The Morgan fingerprint density at radius 1 is 1.31 bits per heavy atom. The van der Waals surface area contributed by atoms with Crippen LogP contribution in [-0.4, -0.2) is 40.9 Å². The number of rotatable bonds is 6. The summed E-state index contributed by atoms with van der Waals surface area (Å²) in [5.74, 6) is 1.48. The molecule has 2 amide bonds. The fourth-order valence-electron chi connectivity index (χ4n) is 3.39. The monoisotopic (exact) mass is 454 g/mol. The fraction of sp³-hybridized carbons (Fsp3) is 0.421. The van der Waals surface area contributed by atoms with Gasteiger partial charge >= 0.3 is 0 Å². The van der Waals surface area contributed by atoms with E-state index in [-0.39, 0.29) is 29.5 Å². The Morgan fingerprint density at radius 2 is 2.17 bits per heavy atom. The van der Waals surface area contributed by atoms with Gasteiger partial charge in [0.05, 0.1) is 22.4 Å². The minimum Gasteiger partial charge on any atom is -0.376 e. The molecule has 154 valence electrons. The van der Waals surface area contributed by atoms with Crippen molar-refractivity contribution in [3.8, 4) is 0 Å². The van der Waals surface area contributed by atoms with Crippen molar-refractivity contribution < 1.29 is 14.3 Å². The van der Waals surface area contributed by atoms with Crippen molar-refractivity contribution in [2.75, 3.05) is 18.5 Å². The number of amides is 2. The smallest absolute Gasteiger partial charge is 0.258 e. The molecule has 0 bridgehead atoms. The number of benzene rings is 1. The van der Waals surface area contributed by atoms with Gasteiger partial charge in [-0.3, -0.25) is 9.59 Å². The number of nitrogens with one attached hydrogen (secondary N) is 2. The SMILES string of the molecule is O=C(Cn1nc2c(c1NC(=O)c1ccc(Cl)cc1Cl)CSC2)NCC1CCCO1.